The second kappa shape index (κ2) is 7.32. The van der Waals surface area contributed by atoms with E-state index >= 15 is 0 Å². The van der Waals surface area contributed by atoms with Gasteiger partial charge < -0.3 is 9.80 Å². The molecule has 1 aliphatic rings. The maximum absolute atomic E-state index is 12.8. The number of benzene rings is 1. The molecule has 26 heavy (non-hydrogen) atoms. The first kappa shape index (κ1) is 18.2. The second-order valence-electron chi connectivity index (χ2n) is 7.22. The molecule has 2 amide bonds. The smallest absolute Gasteiger partial charge is 0.257 e. The quantitative estimate of drug-likeness (QED) is 0.848. The van der Waals surface area contributed by atoms with E-state index in [-0.39, 0.29) is 17.9 Å². The van der Waals surface area contributed by atoms with Crippen molar-refractivity contribution in [2.24, 2.45) is 0 Å². The van der Waals surface area contributed by atoms with E-state index in [1.165, 1.54) is 5.56 Å². The minimum Gasteiger partial charge on any atom is -0.335 e. The van der Waals surface area contributed by atoms with E-state index < -0.39 is 6.04 Å². The first-order chi connectivity index (χ1) is 12.4. The van der Waals surface area contributed by atoms with Gasteiger partial charge >= 0.3 is 0 Å². The molecule has 2 heterocycles. The molecule has 1 aromatic heterocycles. The molecule has 1 atom stereocenters. The fourth-order valence-electron chi connectivity index (χ4n) is 3.17. The molecule has 2 aromatic rings. The second-order valence-corrected chi connectivity index (χ2v) is 7.22. The van der Waals surface area contributed by atoms with Crippen LogP contribution in [0.1, 0.15) is 48.3 Å². The predicted octanol–water partition coefficient (Wildman–Crippen LogP) is 2.65. The number of nitrogens with zero attached hydrogens (tertiary/aromatic N) is 4. The summed E-state index contributed by atoms with van der Waals surface area (Å²) in [5.74, 6) is -0.144. The van der Waals surface area contributed by atoms with Gasteiger partial charge in [-0.1, -0.05) is 29.8 Å². The summed E-state index contributed by atoms with van der Waals surface area (Å²) < 4.78 is 1.76. The van der Waals surface area contributed by atoms with E-state index in [1.54, 1.807) is 28.9 Å². The Balaban J connectivity index is 1.68. The Morgan fingerprint density at radius 1 is 1.23 bits per heavy atom. The van der Waals surface area contributed by atoms with Crippen molar-refractivity contribution in [1.29, 1.82) is 0 Å². The number of aromatic nitrogens is 2. The fraction of sp³-hybridized carbons (Fsp3) is 0.450. The molecule has 3 rings (SSSR count). The molecule has 6 heteroatoms. The number of carbonyl (C=O) groups is 2. The number of carbonyl (C=O) groups excluding carboxylic acids is 2. The van der Waals surface area contributed by atoms with E-state index in [4.69, 9.17) is 0 Å². The lowest BCUT2D eigenvalue weighted by Crippen LogP contribution is -2.57. The molecule has 0 N–H and O–H groups in total. The number of piperazine rings is 1. The van der Waals surface area contributed by atoms with Crippen molar-refractivity contribution < 1.29 is 9.59 Å². The monoisotopic (exact) mass is 354 g/mol. The van der Waals surface area contributed by atoms with E-state index in [0.717, 1.165) is 5.56 Å². The Morgan fingerprint density at radius 3 is 2.54 bits per heavy atom. The first-order valence-corrected chi connectivity index (χ1v) is 9.06. The van der Waals surface area contributed by atoms with Gasteiger partial charge in [0.15, 0.2) is 0 Å². The zero-order valence-corrected chi connectivity index (χ0v) is 15.8. The van der Waals surface area contributed by atoms with Crippen LogP contribution in [-0.4, -0.2) is 50.5 Å². The summed E-state index contributed by atoms with van der Waals surface area (Å²) in [6.07, 6.45) is 3.33. The fourth-order valence-corrected chi connectivity index (χ4v) is 3.17. The van der Waals surface area contributed by atoms with Gasteiger partial charge in [-0.3, -0.25) is 14.3 Å². The highest BCUT2D eigenvalue weighted by Crippen LogP contribution is 2.18. The van der Waals surface area contributed by atoms with E-state index in [2.05, 4.69) is 17.2 Å². The lowest BCUT2D eigenvalue weighted by molar-refractivity contribution is -0.140. The van der Waals surface area contributed by atoms with Gasteiger partial charge in [0.2, 0.25) is 5.91 Å². The normalized spacial score (nSPS) is 17.9. The summed E-state index contributed by atoms with van der Waals surface area (Å²) in [7, 11) is 0. The molecule has 1 saturated heterocycles. The van der Waals surface area contributed by atoms with Crippen molar-refractivity contribution in [2.45, 2.75) is 46.3 Å². The largest absolute Gasteiger partial charge is 0.335 e. The van der Waals surface area contributed by atoms with Gasteiger partial charge in [-0.25, -0.2) is 0 Å². The molecule has 138 valence electrons. The van der Waals surface area contributed by atoms with Crippen LogP contribution in [0.15, 0.2) is 36.7 Å². The number of aryl methyl sites for hydroxylation is 1. The van der Waals surface area contributed by atoms with Crippen molar-refractivity contribution in [2.75, 3.05) is 13.1 Å². The lowest BCUT2D eigenvalue weighted by Gasteiger charge is -2.39. The van der Waals surface area contributed by atoms with Crippen molar-refractivity contribution in [3.63, 3.8) is 0 Å². The van der Waals surface area contributed by atoms with Crippen LogP contribution in [0, 0.1) is 6.92 Å². The van der Waals surface area contributed by atoms with Gasteiger partial charge in [-0.2, -0.15) is 5.10 Å². The summed E-state index contributed by atoms with van der Waals surface area (Å²) in [6, 6.07) is 7.92. The molecule has 0 bridgehead atoms. The van der Waals surface area contributed by atoms with E-state index in [1.807, 2.05) is 37.8 Å². The van der Waals surface area contributed by atoms with Crippen LogP contribution in [0.25, 0.3) is 0 Å². The van der Waals surface area contributed by atoms with Crippen LogP contribution < -0.4 is 0 Å². The van der Waals surface area contributed by atoms with Crippen LogP contribution in [0.4, 0.5) is 0 Å². The molecule has 0 unspecified atom stereocenters. The van der Waals surface area contributed by atoms with Crippen molar-refractivity contribution in [3.05, 3.63) is 53.3 Å². The molecule has 0 radical (unpaired) electrons. The molecule has 0 aliphatic carbocycles. The van der Waals surface area contributed by atoms with Gasteiger partial charge in [0.1, 0.15) is 6.04 Å². The third-order valence-electron chi connectivity index (χ3n) is 4.88. The van der Waals surface area contributed by atoms with Crippen LogP contribution in [0.3, 0.4) is 0 Å². The van der Waals surface area contributed by atoms with E-state index in [9.17, 15) is 9.59 Å². The maximum Gasteiger partial charge on any atom is 0.257 e. The van der Waals surface area contributed by atoms with Crippen LogP contribution in [0.5, 0.6) is 0 Å². The summed E-state index contributed by atoms with van der Waals surface area (Å²) in [4.78, 5) is 29.0. The zero-order valence-electron chi connectivity index (χ0n) is 15.8. The standard InChI is InChI=1S/C20H26N4O2/c1-14(2)24-13-18(11-21-24)20(26)23-10-9-22(19(25)16(23)4)12-17-7-5-15(3)6-8-17/h5-8,11,13-14,16H,9-10,12H2,1-4H3/t16-/m0/s1. The third kappa shape index (κ3) is 3.64. The molecule has 0 saturated carbocycles. The minimum atomic E-state index is -0.468. The van der Waals surface area contributed by atoms with Gasteiger partial charge in [-0.05, 0) is 33.3 Å². The minimum absolute atomic E-state index is 0.0126. The highest BCUT2D eigenvalue weighted by atomic mass is 16.2. The number of rotatable bonds is 4. The molecule has 0 spiro atoms. The number of hydrogen-bond acceptors (Lipinski definition) is 3. The summed E-state index contributed by atoms with van der Waals surface area (Å²) >= 11 is 0. The molecule has 1 fully saturated rings. The van der Waals surface area contributed by atoms with Crippen molar-refractivity contribution in [1.82, 2.24) is 19.6 Å². The van der Waals surface area contributed by atoms with Gasteiger partial charge in [-0.15, -0.1) is 0 Å². The maximum atomic E-state index is 12.8. The van der Waals surface area contributed by atoms with Crippen LogP contribution in [-0.2, 0) is 11.3 Å². The SMILES string of the molecule is Cc1ccc(CN2CCN(C(=O)c3cnn(C(C)C)c3)[C@@H](C)C2=O)cc1. The Labute approximate surface area is 154 Å². The molecule has 1 aliphatic heterocycles. The number of amides is 2. The summed E-state index contributed by atoms with van der Waals surface area (Å²) in [5, 5.41) is 4.23. The van der Waals surface area contributed by atoms with Crippen LogP contribution >= 0.6 is 0 Å². The van der Waals surface area contributed by atoms with Gasteiger partial charge in [0.05, 0.1) is 11.8 Å². The van der Waals surface area contributed by atoms with Crippen molar-refractivity contribution >= 4 is 11.8 Å². The Hall–Kier alpha value is -2.63. The lowest BCUT2D eigenvalue weighted by atomic mass is 10.1. The van der Waals surface area contributed by atoms with Gasteiger partial charge in [0, 0.05) is 31.9 Å². The molecular weight excluding hydrogens is 328 g/mol. The topological polar surface area (TPSA) is 58.4 Å². The summed E-state index contributed by atoms with van der Waals surface area (Å²) in [5.41, 5.74) is 2.84. The first-order valence-electron chi connectivity index (χ1n) is 9.06. The average Bonchev–Trinajstić information content (AvgIpc) is 3.11. The van der Waals surface area contributed by atoms with E-state index in [0.29, 0.717) is 25.2 Å². The highest BCUT2D eigenvalue weighted by molar-refractivity contribution is 5.97. The zero-order chi connectivity index (χ0) is 18.8. The Kier molecular flexibility index (Phi) is 5.11. The Morgan fingerprint density at radius 2 is 1.92 bits per heavy atom. The highest BCUT2D eigenvalue weighted by Gasteiger charge is 2.35. The molecular formula is C20H26N4O2. The average molecular weight is 354 g/mol. The van der Waals surface area contributed by atoms with Crippen LogP contribution in [0.2, 0.25) is 0 Å². The molecule has 1 aromatic carbocycles. The number of hydrogen-bond donors (Lipinski definition) is 0. The Bertz CT molecular complexity index is 794. The molecule has 6 nitrogen and oxygen atoms in total. The van der Waals surface area contributed by atoms with Crippen molar-refractivity contribution in [3.8, 4) is 0 Å². The predicted molar refractivity (Wildman–Crippen MR) is 99.7 cm³/mol. The summed E-state index contributed by atoms with van der Waals surface area (Å²) in [6.45, 7) is 9.52. The van der Waals surface area contributed by atoms with Gasteiger partial charge in [0.25, 0.3) is 5.91 Å². The third-order valence-corrected chi connectivity index (χ3v) is 4.88.